The summed E-state index contributed by atoms with van der Waals surface area (Å²) in [5, 5.41) is 20.4. The van der Waals surface area contributed by atoms with Gasteiger partial charge in [-0.05, 0) is 36.6 Å². The standard InChI is InChI=1S/C20H18N2O7/c23-19(13-8-14(20(24)25)10-15(9-13)22(26)27)21-5-1-2-16(21)12-3-4-17-18(11-12)29-7-6-28-17/h3-4,8-11,16H,1-2,5-7H2,(H,24,25). The Kier molecular flexibility index (Phi) is 4.79. The van der Waals surface area contributed by atoms with Gasteiger partial charge in [0.25, 0.3) is 11.6 Å². The number of nitro benzene ring substituents is 1. The number of nitro groups is 1. The van der Waals surface area contributed by atoms with Crippen LogP contribution in [0.3, 0.4) is 0 Å². The third-order valence-electron chi connectivity index (χ3n) is 5.09. The average molecular weight is 398 g/mol. The molecule has 0 spiro atoms. The number of amides is 1. The highest BCUT2D eigenvalue weighted by molar-refractivity contribution is 5.98. The number of benzene rings is 2. The highest BCUT2D eigenvalue weighted by Gasteiger charge is 2.32. The van der Waals surface area contributed by atoms with E-state index in [2.05, 4.69) is 0 Å². The number of carboxylic acids is 1. The zero-order valence-electron chi connectivity index (χ0n) is 15.4. The van der Waals surface area contributed by atoms with Crippen LogP contribution in [-0.2, 0) is 0 Å². The van der Waals surface area contributed by atoms with Crippen LogP contribution in [0.5, 0.6) is 11.5 Å². The van der Waals surface area contributed by atoms with E-state index >= 15 is 0 Å². The summed E-state index contributed by atoms with van der Waals surface area (Å²) >= 11 is 0. The summed E-state index contributed by atoms with van der Waals surface area (Å²) in [6, 6.07) is 8.54. The van der Waals surface area contributed by atoms with Crippen molar-refractivity contribution in [3.63, 3.8) is 0 Å². The van der Waals surface area contributed by atoms with Gasteiger partial charge in [-0.3, -0.25) is 14.9 Å². The van der Waals surface area contributed by atoms with Gasteiger partial charge in [-0.15, -0.1) is 0 Å². The molecule has 2 heterocycles. The van der Waals surface area contributed by atoms with E-state index in [4.69, 9.17) is 9.47 Å². The Balaban J connectivity index is 1.66. The number of aromatic carboxylic acids is 1. The summed E-state index contributed by atoms with van der Waals surface area (Å²) in [5.41, 5.74) is 0.144. The molecule has 1 saturated heterocycles. The first-order valence-electron chi connectivity index (χ1n) is 9.17. The third-order valence-corrected chi connectivity index (χ3v) is 5.09. The zero-order valence-corrected chi connectivity index (χ0v) is 15.4. The van der Waals surface area contributed by atoms with Crippen LogP contribution in [0.1, 0.15) is 45.2 Å². The lowest BCUT2D eigenvalue weighted by atomic mass is 10.0. The molecule has 2 aromatic carbocycles. The molecule has 2 aliphatic rings. The number of hydrogen-bond donors (Lipinski definition) is 1. The van der Waals surface area contributed by atoms with Gasteiger partial charge in [-0.1, -0.05) is 6.07 Å². The summed E-state index contributed by atoms with van der Waals surface area (Å²) < 4.78 is 11.2. The number of ether oxygens (including phenoxy) is 2. The maximum atomic E-state index is 13.1. The van der Waals surface area contributed by atoms with Crippen molar-refractivity contribution in [3.05, 3.63) is 63.2 Å². The maximum absolute atomic E-state index is 13.1. The smallest absolute Gasteiger partial charge is 0.335 e. The molecule has 0 bridgehead atoms. The summed E-state index contributed by atoms with van der Waals surface area (Å²) in [6.45, 7) is 1.41. The van der Waals surface area contributed by atoms with Crippen LogP contribution in [0.15, 0.2) is 36.4 Å². The van der Waals surface area contributed by atoms with Gasteiger partial charge < -0.3 is 19.5 Å². The van der Waals surface area contributed by atoms with Crippen LogP contribution in [0, 0.1) is 10.1 Å². The fraction of sp³-hybridized carbons (Fsp3) is 0.300. The molecule has 9 nitrogen and oxygen atoms in total. The van der Waals surface area contributed by atoms with Crippen LogP contribution >= 0.6 is 0 Å². The minimum absolute atomic E-state index is 0.0129. The molecule has 0 radical (unpaired) electrons. The lowest BCUT2D eigenvalue weighted by molar-refractivity contribution is -0.384. The normalized spacial score (nSPS) is 17.8. The van der Waals surface area contributed by atoms with Crippen molar-refractivity contribution in [1.82, 2.24) is 4.90 Å². The molecule has 1 fully saturated rings. The molecular formula is C20H18N2O7. The first kappa shape index (κ1) is 18.7. The first-order chi connectivity index (χ1) is 13.9. The number of non-ortho nitro benzene ring substituents is 1. The van der Waals surface area contributed by atoms with Crippen molar-refractivity contribution in [2.24, 2.45) is 0 Å². The molecule has 29 heavy (non-hydrogen) atoms. The summed E-state index contributed by atoms with van der Waals surface area (Å²) in [5.74, 6) is -0.488. The van der Waals surface area contributed by atoms with Crippen molar-refractivity contribution >= 4 is 17.6 Å². The second kappa shape index (κ2) is 7.42. The van der Waals surface area contributed by atoms with E-state index in [1.54, 1.807) is 11.0 Å². The summed E-state index contributed by atoms with van der Waals surface area (Å²) in [4.78, 5) is 36.5. The van der Waals surface area contributed by atoms with Crippen LogP contribution in [0.25, 0.3) is 0 Å². The number of carboxylic acid groups (broad SMARTS) is 1. The van der Waals surface area contributed by atoms with E-state index in [1.807, 2.05) is 12.1 Å². The predicted molar refractivity (Wildman–Crippen MR) is 100 cm³/mol. The van der Waals surface area contributed by atoms with E-state index in [-0.39, 0.29) is 17.2 Å². The van der Waals surface area contributed by atoms with E-state index in [0.717, 1.165) is 30.5 Å². The maximum Gasteiger partial charge on any atom is 0.335 e. The molecule has 0 aliphatic carbocycles. The Morgan fingerprint density at radius 3 is 2.52 bits per heavy atom. The molecular weight excluding hydrogens is 380 g/mol. The van der Waals surface area contributed by atoms with Gasteiger partial charge in [0.05, 0.1) is 16.5 Å². The molecule has 150 valence electrons. The molecule has 1 N–H and O–H groups in total. The van der Waals surface area contributed by atoms with Crippen LogP contribution < -0.4 is 9.47 Å². The van der Waals surface area contributed by atoms with E-state index in [1.165, 1.54) is 6.07 Å². The zero-order chi connectivity index (χ0) is 20.5. The SMILES string of the molecule is O=C(O)c1cc(C(=O)N2CCCC2c2ccc3c(c2)OCCO3)cc([N+](=O)[O-])c1. The number of carbonyl (C=O) groups excluding carboxylic acids is 1. The highest BCUT2D eigenvalue weighted by atomic mass is 16.6. The van der Waals surface area contributed by atoms with E-state index in [0.29, 0.717) is 31.3 Å². The Labute approximate surface area is 165 Å². The number of carbonyl (C=O) groups is 2. The van der Waals surface area contributed by atoms with Crippen molar-refractivity contribution in [1.29, 1.82) is 0 Å². The number of nitrogens with zero attached hydrogens (tertiary/aromatic N) is 2. The second-order valence-electron chi connectivity index (χ2n) is 6.89. The average Bonchev–Trinajstić information content (AvgIpc) is 3.22. The molecule has 1 unspecified atom stereocenters. The topological polar surface area (TPSA) is 119 Å². The molecule has 9 heteroatoms. The molecule has 2 aromatic rings. The number of hydrogen-bond acceptors (Lipinski definition) is 6. The number of fused-ring (bicyclic) bond motifs is 1. The van der Waals surface area contributed by atoms with Crippen molar-refractivity contribution < 1.29 is 29.1 Å². The Bertz CT molecular complexity index is 972. The minimum Gasteiger partial charge on any atom is -0.486 e. The van der Waals surface area contributed by atoms with Gasteiger partial charge in [0.15, 0.2) is 11.5 Å². The van der Waals surface area contributed by atoms with E-state index in [9.17, 15) is 24.8 Å². The predicted octanol–water partition coefficient (Wildman–Crippen LogP) is 3.04. The Morgan fingerprint density at radius 2 is 1.79 bits per heavy atom. The van der Waals surface area contributed by atoms with Crippen molar-refractivity contribution in [3.8, 4) is 11.5 Å². The number of likely N-dealkylation sites (tertiary alicyclic amines) is 1. The molecule has 4 rings (SSSR count). The lowest BCUT2D eigenvalue weighted by Crippen LogP contribution is -2.31. The van der Waals surface area contributed by atoms with Gasteiger partial charge in [0.2, 0.25) is 0 Å². The lowest BCUT2D eigenvalue weighted by Gasteiger charge is -2.27. The first-order valence-corrected chi connectivity index (χ1v) is 9.17. The van der Waals surface area contributed by atoms with Crippen molar-refractivity contribution in [2.75, 3.05) is 19.8 Å². The quantitative estimate of drug-likeness (QED) is 0.621. The van der Waals surface area contributed by atoms with Gasteiger partial charge in [-0.2, -0.15) is 0 Å². The van der Waals surface area contributed by atoms with Gasteiger partial charge in [0.1, 0.15) is 13.2 Å². The largest absolute Gasteiger partial charge is 0.486 e. The van der Waals surface area contributed by atoms with Crippen molar-refractivity contribution in [2.45, 2.75) is 18.9 Å². The molecule has 2 aliphatic heterocycles. The van der Waals surface area contributed by atoms with Crippen LogP contribution in [0.2, 0.25) is 0 Å². The van der Waals surface area contributed by atoms with E-state index < -0.39 is 22.5 Å². The Morgan fingerprint density at radius 1 is 1.07 bits per heavy atom. The molecule has 1 atom stereocenters. The summed E-state index contributed by atoms with van der Waals surface area (Å²) in [6.07, 6.45) is 1.50. The molecule has 0 aromatic heterocycles. The molecule has 1 amide bonds. The van der Waals surface area contributed by atoms with Gasteiger partial charge in [0, 0.05) is 24.2 Å². The fourth-order valence-electron chi connectivity index (χ4n) is 3.75. The second-order valence-corrected chi connectivity index (χ2v) is 6.89. The highest BCUT2D eigenvalue weighted by Crippen LogP contribution is 2.38. The van der Waals surface area contributed by atoms with Crippen LogP contribution in [0.4, 0.5) is 5.69 Å². The Hall–Kier alpha value is -3.62. The minimum atomic E-state index is -1.33. The van der Waals surface area contributed by atoms with Crippen LogP contribution in [-0.4, -0.2) is 46.6 Å². The summed E-state index contributed by atoms with van der Waals surface area (Å²) in [7, 11) is 0. The number of rotatable bonds is 4. The monoisotopic (exact) mass is 398 g/mol. The van der Waals surface area contributed by atoms with Gasteiger partial charge in [-0.25, -0.2) is 4.79 Å². The van der Waals surface area contributed by atoms with Gasteiger partial charge >= 0.3 is 5.97 Å². The molecule has 0 saturated carbocycles. The third kappa shape index (κ3) is 3.58. The fourth-order valence-corrected chi connectivity index (χ4v) is 3.75.